The molecule has 12 nitrogen and oxygen atoms in total. The van der Waals surface area contributed by atoms with E-state index in [0.717, 1.165) is 17.7 Å². The number of benzene rings is 3. The van der Waals surface area contributed by atoms with Crippen LogP contribution in [-0.4, -0.2) is 27.3 Å². The molecule has 1 aliphatic heterocycles. The van der Waals surface area contributed by atoms with Gasteiger partial charge in [-0.2, -0.15) is 5.10 Å². The third-order valence-electron chi connectivity index (χ3n) is 5.72. The first-order valence-electron chi connectivity index (χ1n) is 11.7. The van der Waals surface area contributed by atoms with Crippen LogP contribution in [0, 0.1) is 27.2 Å². The number of anilines is 3. The maximum absolute atomic E-state index is 11.6. The van der Waals surface area contributed by atoms with Crippen molar-refractivity contribution in [1.29, 1.82) is 0 Å². The van der Waals surface area contributed by atoms with Gasteiger partial charge in [0.15, 0.2) is 16.6 Å². The van der Waals surface area contributed by atoms with E-state index in [0.29, 0.717) is 48.6 Å². The first-order valence-corrected chi connectivity index (χ1v) is 13.3. The molecule has 0 atom stereocenters. The lowest BCUT2D eigenvalue weighted by atomic mass is 10.1. The highest BCUT2D eigenvalue weighted by atomic mass is 35.5. The molecule has 0 bridgehead atoms. The molecule has 2 N–H and O–H groups in total. The Morgan fingerprint density at radius 2 is 1.83 bits per heavy atom. The summed E-state index contributed by atoms with van der Waals surface area (Å²) in [4.78, 5) is 26.5. The average Bonchev–Trinajstić information content (AvgIpc) is 3.56. The molecular formula is C26H18Cl2N6O6S. The van der Waals surface area contributed by atoms with Gasteiger partial charge in [-0.25, -0.2) is 4.98 Å². The minimum atomic E-state index is -0.718. The zero-order chi connectivity index (χ0) is 29.1. The van der Waals surface area contributed by atoms with Gasteiger partial charge in [-0.3, -0.25) is 25.7 Å². The molecule has 0 unspecified atom stereocenters. The zero-order valence-corrected chi connectivity index (χ0v) is 23.3. The second-order valence-electron chi connectivity index (χ2n) is 8.46. The molecule has 2 heterocycles. The molecule has 15 heteroatoms. The number of non-ortho nitro benzene ring substituents is 1. The molecule has 0 radical (unpaired) electrons. The molecule has 0 aliphatic carbocycles. The molecule has 0 fully saturated rings. The maximum atomic E-state index is 11.6. The van der Waals surface area contributed by atoms with Crippen molar-refractivity contribution >= 4 is 74.2 Å². The lowest BCUT2D eigenvalue weighted by Gasteiger charge is -2.05. The van der Waals surface area contributed by atoms with Crippen molar-refractivity contribution in [1.82, 2.24) is 4.98 Å². The smallest absolute Gasteiger partial charge is 0.301 e. The molecule has 5 rings (SSSR count). The van der Waals surface area contributed by atoms with Crippen LogP contribution in [-0.2, 0) is 0 Å². The predicted molar refractivity (Wildman–Crippen MR) is 158 cm³/mol. The lowest BCUT2D eigenvalue weighted by molar-refractivity contribution is -0.393. The number of ether oxygens (including phenoxy) is 2. The number of aryl methyl sites for hydroxylation is 1. The molecule has 0 spiro atoms. The normalized spacial score (nSPS) is 12.5. The standard InChI is InChI=1S/C26H18Cl2N6O6S/c1-14-25(41-26(29-14)30-16-4-6-18(27)19(28)11-16)21(7-2-15-3-9-23-24(10-15)40-13-39-23)32-31-20-8-5-17(33(35)36)12-22(20)34(37)38/h2-12,31H,13H2,1H3,(H,29,30)/b7-2+,32-21+. The van der Waals surface area contributed by atoms with Gasteiger partial charge in [0.05, 0.1) is 36.5 Å². The number of hydrogen-bond acceptors (Lipinski definition) is 11. The third-order valence-corrected chi connectivity index (χ3v) is 7.55. The maximum Gasteiger partial charge on any atom is 0.301 e. The molecule has 0 amide bonds. The average molecular weight is 613 g/mol. The fourth-order valence-electron chi connectivity index (χ4n) is 3.74. The Labute approximate surface area is 246 Å². The van der Waals surface area contributed by atoms with E-state index in [1.54, 1.807) is 43.3 Å². The Kier molecular flexibility index (Phi) is 8.01. The second-order valence-corrected chi connectivity index (χ2v) is 10.3. The van der Waals surface area contributed by atoms with Gasteiger partial charge in [0.25, 0.3) is 5.69 Å². The van der Waals surface area contributed by atoms with Gasteiger partial charge >= 0.3 is 5.69 Å². The number of nitrogens with zero attached hydrogens (tertiary/aromatic N) is 4. The van der Waals surface area contributed by atoms with Crippen LogP contribution in [0.5, 0.6) is 11.5 Å². The van der Waals surface area contributed by atoms with Gasteiger partial charge in [0.1, 0.15) is 11.4 Å². The number of fused-ring (bicyclic) bond motifs is 1. The molecule has 4 aromatic rings. The summed E-state index contributed by atoms with van der Waals surface area (Å²) in [5, 5.41) is 31.7. The largest absolute Gasteiger partial charge is 0.454 e. The first-order chi connectivity index (χ1) is 19.7. The second kappa shape index (κ2) is 11.8. The minimum Gasteiger partial charge on any atom is -0.454 e. The van der Waals surface area contributed by atoms with Crippen LogP contribution in [0.25, 0.3) is 6.08 Å². The number of nitrogens with one attached hydrogen (secondary N) is 2. The van der Waals surface area contributed by atoms with E-state index in [-0.39, 0.29) is 12.5 Å². The summed E-state index contributed by atoms with van der Waals surface area (Å²) in [6.45, 7) is 1.94. The number of nitro benzene ring substituents is 2. The molecular weight excluding hydrogens is 595 g/mol. The van der Waals surface area contributed by atoms with E-state index >= 15 is 0 Å². The summed E-state index contributed by atoms with van der Waals surface area (Å²) >= 11 is 13.4. The van der Waals surface area contributed by atoms with E-state index in [1.165, 1.54) is 17.4 Å². The number of rotatable bonds is 9. The van der Waals surface area contributed by atoms with E-state index < -0.39 is 21.2 Å². The quantitative estimate of drug-likeness (QED) is 0.110. The van der Waals surface area contributed by atoms with Gasteiger partial charge in [-0.15, -0.1) is 0 Å². The van der Waals surface area contributed by atoms with Crippen LogP contribution in [0.2, 0.25) is 10.0 Å². The first kappa shape index (κ1) is 27.8. The highest BCUT2D eigenvalue weighted by Gasteiger charge is 2.20. The van der Waals surface area contributed by atoms with Crippen LogP contribution in [0.4, 0.5) is 27.9 Å². The molecule has 3 aromatic carbocycles. The van der Waals surface area contributed by atoms with Crippen molar-refractivity contribution < 1.29 is 19.3 Å². The van der Waals surface area contributed by atoms with Gasteiger partial charge in [-0.05, 0) is 55.0 Å². The number of thiazole rings is 1. The van der Waals surface area contributed by atoms with Crippen LogP contribution < -0.4 is 20.2 Å². The van der Waals surface area contributed by atoms with Crippen molar-refractivity contribution in [2.45, 2.75) is 6.92 Å². The van der Waals surface area contributed by atoms with Crippen LogP contribution in [0.1, 0.15) is 16.1 Å². The predicted octanol–water partition coefficient (Wildman–Crippen LogP) is 7.58. The minimum absolute atomic E-state index is 0.0223. The van der Waals surface area contributed by atoms with E-state index in [2.05, 4.69) is 20.8 Å². The Bertz CT molecular complexity index is 1740. The van der Waals surface area contributed by atoms with Gasteiger partial charge in [0.2, 0.25) is 6.79 Å². The summed E-state index contributed by atoms with van der Waals surface area (Å²) in [6, 6.07) is 13.8. The zero-order valence-electron chi connectivity index (χ0n) is 21.0. The Balaban J connectivity index is 1.50. The SMILES string of the molecule is Cc1nc(Nc2ccc(Cl)c(Cl)c2)sc1C(/C=C/c1ccc2c(c1)OCO2)=N/Nc1ccc([N+](=O)[O-])cc1[N+](=O)[O-]. The molecule has 208 valence electrons. The molecule has 0 saturated heterocycles. The highest BCUT2D eigenvalue weighted by molar-refractivity contribution is 7.18. The summed E-state index contributed by atoms with van der Waals surface area (Å²) in [5.41, 5.74) is 4.26. The Morgan fingerprint density at radius 3 is 2.59 bits per heavy atom. The van der Waals surface area contributed by atoms with E-state index in [9.17, 15) is 20.2 Å². The van der Waals surface area contributed by atoms with Crippen molar-refractivity contribution in [2.75, 3.05) is 17.5 Å². The summed E-state index contributed by atoms with van der Waals surface area (Å²) in [6.07, 6.45) is 3.50. The third kappa shape index (κ3) is 6.38. The van der Waals surface area contributed by atoms with Crippen molar-refractivity contribution in [3.05, 3.63) is 107 Å². The number of halogens is 2. The van der Waals surface area contributed by atoms with Crippen molar-refractivity contribution in [3.8, 4) is 11.5 Å². The number of hydrazone groups is 1. The highest BCUT2D eigenvalue weighted by Crippen LogP contribution is 2.34. The van der Waals surface area contributed by atoms with E-state index in [4.69, 9.17) is 32.7 Å². The number of allylic oxidation sites excluding steroid dienone is 1. The van der Waals surface area contributed by atoms with Crippen molar-refractivity contribution in [3.63, 3.8) is 0 Å². The monoisotopic (exact) mass is 612 g/mol. The van der Waals surface area contributed by atoms with Gasteiger partial charge in [0, 0.05) is 11.8 Å². The lowest BCUT2D eigenvalue weighted by Crippen LogP contribution is -2.03. The fraction of sp³-hybridized carbons (Fsp3) is 0.0769. The summed E-state index contributed by atoms with van der Waals surface area (Å²) in [7, 11) is 0. The number of aromatic nitrogens is 1. The van der Waals surface area contributed by atoms with Crippen LogP contribution >= 0.6 is 34.5 Å². The molecule has 1 aromatic heterocycles. The summed E-state index contributed by atoms with van der Waals surface area (Å²) in [5.74, 6) is 1.24. The number of hydrogen-bond donors (Lipinski definition) is 2. The van der Waals surface area contributed by atoms with Gasteiger partial charge in [-0.1, -0.05) is 46.7 Å². The molecule has 1 aliphatic rings. The number of nitro groups is 2. The molecule has 0 saturated carbocycles. The topological polar surface area (TPSA) is 154 Å². The Hall–Kier alpha value is -4.72. The van der Waals surface area contributed by atoms with Crippen molar-refractivity contribution in [2.24, 2.45) is 5.10 Å². The molecule has 41 heavy (non-hydrogen) atoms. The summed E-state index contributed by atoms with van der Waals surface area (Å²) < 4.78 is 10.8. The van der Waals surface area contributed by atoms with E-state index in [1.807, 2.05) is 12.1 Å². The fourth-order valence-corrected chi connectivity index (χ4v) is 4.99. The van der Waals surface area contributed by atoms with Crippen LogP contribution in [0.3, 0.4) is 0 Å². The van der Waals surface area contributed by atoms with Gasteiger partial charge < -0.3 is 14.8 Å². The Morgan fingerprint density at radius 1 is 1.02 bits per heavy atom. The van der Waals surface area contributed by atoms with Crippen LogP contribution in [0.15, 0.2) is 65.8 Å².